The van der Waals surface area contributed by atoms with Crippen molar-refractivity contribution < 1.29 is 14.7 Å². The van der Waals surface area contributed by atoms with Gasteiger partial charge in [0.05, 0.1) is 5.56 Å². The maximum atomic E-state index is 11.7. The maximum absolute atomic E-state index is 11.7. The van der Waals surface area contributed by atoms with Gasteiger partial charge in [-0.2, -0.15) is 0 Å². The van der Waals surface area contributed by atoms with Crippen molar-refractivity contribution in [3.05, 3.63) is 29.3 Å². The summed E-state index contributed by atoms with van der Waals surface area (Å²) >= 11 is 0. The molecule has 5 nitrogen and oxygen atoms in total. The van der Waals surface area contributed by atoms with E-state index in [9.17, 15) is 9.59 Å². The minimum atomic E-state index is -0.934. The Balaban J connectivity index is 2.03. The predicted octanol–water partition coefficient (Wildman–Crippen LogP) is 0.782. The number of carboxylic acids is 1. The van der Waals surface area contributed by atoms with E-state index in [0.717, 1.165) is 17.7 Å². The molecule has 0 radical (unpaired) electrons. The summed E-state index contributed by atoms with van der Waals surface area (Å²) in [6, 6.07) is 4.73. The molecule has 1 amide bonds. The van der Waals surface area contributed by atoms with Crippen LogP contribution >= 0.6 is 0 Å². The molecule has 0 aromatic heterocycles. The average molecular weight is 232 g/mol. The summed E-state index contributed by atoms with van der Waals surface area (Å²) < 4.78 is 0. The van der Waals surface area contributed by atoms with Crippen LogP contribution in [0.5, 0.6) is 0 Å². The molecule has 2 heterocycles. The van der Waals surface area contributed by atoms with Crippen LogP contribution in [-0.4, -0.2) is 29.6 Å². The number of piperidine rings is 1. The number of hydrogen-bond acceptors (Lipinski definition) is 3. The lowest BCUT2D eigenvalue weighted by Gasteiger charge is -2.25. The number of fused-ring (bicyclic) bond motifs is 3. The van der Waals surface area contributed by atoms with Crippen molar-refractivity contribution in [1.29, 1.82) is 0 Å². The number of benzene rings is 1. The third-order valence-corrected chi connectivity index (χ3v) is 3.45. The van der Waals surface area contributed by atoms with Gasteiger partial charge in [0.1, 0.15) is 6.04 Å². The second-order valence-electron chi connectivity index (χ2n) is 4.42. The average Bonchev–Trinajstić information content (AvgIpc) is 2.68. The number of amides is 1. The molecule has 5 heteroatoms. The lowest BCUT2D eigenvalue weighted by atomic mass is 9.88. The predicted molar refractivity (Wildman–Crippen MR) is 61.2 cm³/mol. The van der Waals surface area contributed by atoms with E-state index in [2.05, 4.69) is 10.6 Å². The highest BCUT2D eigenvalue weighted by Gasteiger charge is 2.39. The molecule has 1 fully saturated rings. The number of aromatic carboxylic acids is 1. The van der Waals surface area contributed by atoms with Crippen LogP contribution in [0.4, 0.5) is 5.69 Å². The van der Waals surface area contributed by atoms with E-state index in [4.69, 9.17) is 5.11 Å². The first-order chi connectivity index (χ1) is 8.16. The highest BCUT2D eigenvalue weighted by atomic mass is 16.4. The molecule has 2 aliphatic heterocycles. The molecule has 1 aromatic carbocycles. The fraction of sp³-hybridized carbons (Fsp3) is 0.333. The lowest BCUT2D eigenvalue weighted by molar-refractivity contribution is -0.123. The van der Waals surface area contributed by atoms with E-state index < -0.39 is 5.97 Å². The van der Waals surface area contributed by atoms with Crippen LogP contribution in [0.1, 0.15) is 28.3 Å². The van der Waals surface area contributed by atoms with Crippen LogP contribution in [0.2, 0.25) is 0 Å². The molecule has 2 atom stereocenters. The molecule has 1 aromatic rings. The molecule has 0 saturated carbocycles. The fourth-order valence-corrected chi connectivity index (χ4v) is 2.61. The van der Waals surface area contributed by atoms with E-state index in [1.807, 2.05) is 0 Å². The molecule has 0 bridgehead atoms. The fourth-order valence-electron chi connectivity index (χ4n) is 2.61. The van der Waals surface area contributed by atoms with E-state index in [1.165, 1.54) is 0 Å². The smallest absolute Gasteiger partial charge is 0.335 e. The van der Waals surface area contributed by atoms with Crippen LogP contribution in [-0.2, 0) is 4.79 Å². The summed E-state index contributed by atoms with van der Waals surface area (Å²) in [7, 11) is 0. The number of carboxylic acid groups (broad SMARTS) is 1. The van der Waals surface area contributed by atoms with Crippen molar-refractivity contribution in [1.82, 2.24) is 5.32 Å². The van der Waals surface area contributed by atoms with Crippen molar-refractivity contribution in [2.45, 2.75) is 18.4 Å². The summed E-state index contributed by atoms with van der Waals surface area (Å²) in [5, 5.41) is 14.9. The molecular formula is C12H12N2O3. The first-order valence-corrected chi connectivity index (χ1v) is 5.58. The van der Waals surface area contributed by atoms with Crippen molar-refractivity contribution in [3.63, 3.8) is 0 Å². The zero-order valence-corrected chi connectivity index (χ0v) is 9.06. The third kappa shape index (κ3) is 1.46. The van der Waals surface area contributed by atoms with Gasteiger partial charge >= 0.3 is 5.97 Å². The van der Waals surface area contributed by atoms with Crippen molar-refractivity contribution in [2.75, 3.05) is 11.9 Å². The van der Waals surface area contributed by atoms with Crippen LogP contribution in [0.25, 0.3) is 0 Å². The number of hydrogen-bond donors (Lipinski definition) is 3. The van der Waals surface area contributed by atoms with Crippen molar-refractivity contribution in [2.24, 2.45) is 0 Å². The molecule has 2 aliphatic rings. The summed E-state index contributed by atoms with van der Waals surface area (Å²) in [5.41, 5.74) is 2.10. The first kappa shape index (κ1) is 10.1. The van der Waals surface area contributed by atoms with Gasteiger partial charge in [-0.1, -0.05) is 0 Å². The second kappa shape index (κ2) is 3.48. The van der Waals surface area contributed by atoms with E-state index in [1.54, 1.807) is 18.2 Å². The van der Waals surface area contributed by atoms with E-state index in [-0.39, 0.29) is 23.4 Å². The third-order valence-electron chi connectivity index (χ3n) is 3.45. The summed E-state index contributed by atoms with van der Waals surface area (Å²) in [6.07, 6.45) is 0.847. The molecule has 88 valence electrons. The van der Waals surface area contributed by atoms with Crippen molar-refractivity contribution >= 4 is 17.6 Å². The normalized spacial score (nSPS) is 25.5. The molecule has 3 N–H and O–H groups in total. The van der Waals surface area contributed by atoms with Crippen LogP contribution in [0, 0.1) is 0 Å². The Labute approximate surface area is 97.8 Å². The Morgan fingerprint density at radius 2 is 2.24 bits per heavy atom. The molecule has 1 saturated heterocycles. The van der Waals surface area contributed by atoms with Gasteiger partial charge in [0.2, 0.25) is 5.91 Å². The highest BCUT2D eigenvalue weighted by molar-refractivity contribution is 5.92. The molecule has 0 aliphatic carbocycles. The van der Waals surface area contributed by atoms with Gasteiger partial charge < -0.3 is 15.7 Å². The van der Waals surface area contributed by atoms with Gasteiger partial charge in [-0.15, -0.1) is 0 Å². The highest BCUT2D eigenvalue weighted by Crippen LogP contribution is 2.39. The molecule has 2 unspecified atom stereocenters. The van der Waals surface area contributed by atoms with E-state index in [0.29, 0.717) is 6.54 Å². The first-order valence-electron chi connectivity index (χ1n) is 5.58. The van der Waals surface area contributed by atoms with Gasteiger partial charge in [-0.3, -0.25) is 4.79 Å². The SMILES string of the molecule is O=C(O)c1ccc2c(c1)C1CCNC(=O)C1N2. The van der Waals surface area contributed by atoms with Crippen LogP contribution in [0.15, 0.2) is 18.2 Å². The van der Waals surface area contributed by atoms with Gasteiger partial charge in [0.15, 0.2) is 0 Å². The summed E-state index contributed by atoms with van der Waals surface area (Å²) in [5.74, 6) is -0.844. The molecular weight excluding hydrogens is 220 g/mol. The minimum Gasteiger partial charge on any atom is -0.478 e. The Kier molecular flexibility index (Phi) is 2.07. The Morgan fingerprint density at radius 1 is 1.41 bits per heavy atom. The Hall–Kier alpha value is -2.04. The van der Waals surface area contributed by atoms with Crippen LogP contribution < -0.4 is 10.6 Å². The van der Waals surface area contributed by atoms with Gasteiger partial charge in [-0.25, -0.2) is 4.79 Å². The van der Waals surface area contributed by atoms with Crippen LogP contribution in [0.3, 0.4) is 0 Å². The minimum absolute atomic E-state index is 0.00525. The van der Waals surface area contributed by atoms with Gasteiger partial charge in [-0.05, 0) is 30.2 Å². The second-order valence-corrected chi connectivity index (χ2v) is 4.42. The Morgan fingerprint density at radius 3 is 3.00 bits per heavy atom. The van der Waals surface area contributed by atoms with Gasteiger partial charge in [0, 0.05) is 18.2 Å². The number of nitrogens with one attached hydrogen (secondary N) is 2. The molecule has 3 rings (SSSR count). The zero-order chi connectivity index (χ0) is 12.0. The maximum Gasteiger partial charge on any atom is 0.335 e. The summed E-state index contributed by atoms with van der Waals surface area (Å²) in [6.45, 7) is 0.651. The number of carbonyl (C=O) groups excluding carboxylic acids is 1. The number of anilines is 1. The topological polar surface area (TPSA) is 78.4 Å². The van der Waals surface area contributed by atoms with Crippen molar-refractivity contribution in [3.8, 4) is 0 Å². The van der Waals surface area contributed by atoms with Gasteiger partial charge in [0.25, 0.3) is 0 Å². The zero-order valence-electron chi connectivity index (χ0n) is 9.06. The molecule has 0 spiro atoms. The largest absolute Gasteiger partial charge is 0.478 e. The quantitative estimate of drug-likeness (QED) is 0.668. The lowest BCUT2D eigenvalue weighted by Crippen LogP contribution is -2.46. The van der Waals surface area contributed by atoms with E-state index >= 15 is 0 Å². The number of carbonyl (C=O) groups is 2. The molecule has 17 heavy (non-hydrogen) atoms. The summed E-state index contributed by atoms with van der Waals surface area (Å²) in [4.78, 5) is 22.6. The Bertz CT molecular complexity index is 512. The number of rotatable bonds is 1. The standard InChI is InChI=1S/C12H12N2O3/c15-11-10-7(3-4-13-11)8-5-6(12(16)17)1-2-9(8)14-10/h1-2,5,7,10,14H,3-4H2,(H,13,15)(H,16,17). The monoisotopic (exact) mass is 232 g/mol.